The van der Waals surface area contributed by atoms with Crippen LogP contribution in [0.2, 0.25) is 0 Å². The molecule has 0 unspecified atom stereocenters. The van der Waals surface area contributed by atoms with Crippen LogP contribution in [-0.4, -0.2) is 23.3 Å². The number of ether oxygens (including phenoxy) is 2. The second kappa shape index (κ2) is 8.14. The Kier molecular flexibility index (Phi) is 5.43. The summed E-state index contributed by atoms with van der Waals surface area (Å²) in [5.41, 5.74) is 2.07. The summed E-state index contributed by atoms with van der Waals surface area (Å²) in [7, 11) is 1.61. The second-order valence-corrected chi connectivity index (χ2v) is 7.98. The molecule has 7 heteroatoms. The van der Waals surface area contributed by atoms with Crippen LogP contribution in [0.3, 0.4) is 0 Å². The number of carbonyl (C=O) groups excluding carboxylic acids is 1. The summed E-state index contributed by atoms with van der Waals surface area (Å²) in [5.74, 6) is 1.07. The second-order valence-electron chi connectivity index (χ2n) is 6.84. The molecule has 1 aliphatic carbocycles. The molecule has 0 saturated heterocycles. The van der Waals surface area contributed by atoms with Gasteiger partial charge in [0.25, 0.3) is 5.89 Å². The summed E-state index contributed by atoms with van der Waals surface area (Å²) in [6, 6.07) is 9.31. The number of fused-ring (bicyclic) bond motifs is 1. The van der Waals surface area contributed by atoms with E-state index in [-0.39, 0.29) is 11.9 Å². The highest BCUT2D eigenvalue weighted by atomic mass is 32.1. The van der Waals surface area contributed by atoms with E-state index >= 15 is 0 Å². The number of hydrogen-bond acceptors (Lipinski definition) is 7. The summed E-state index contributed by atoms with van der Waals surface area (Å²) >= 11 is 1.55. The first kappa shape index (κ1) is 18.7. The highest BCUT2D eigenvalue weighted by Gasteiger charge is 2.23. The van der Waals surface area contributed by atoms with Crippen LogP contribution in [0.1, 0.15) is 58.3 Å². The van der Waals surface area contributed by atoms with Crippen molar-refractivity contribution in [3.8, 4) is 17.2 Å². The molecule has 6 nitrogen and oxygen atoms in total. The average molecular weight is 398 g/mol. The van der Waals surface area contributed by atoms with Gasteiger partial charge in [-0.15, -0.1) is 21.5 Å². The van der Waals surface area contributed by atoms with Gasteiger partial charge in [0.2, 0.25) is 5.89 Å². The van der Waals surface area contributed by atoms with Crippen molar-refractivity contribution in [1.29, 1.82) is 0 Å². The van der Waals surface area contributed by atoms with E-state index in [1.54, 1.807) is 25.4 Å². The Balaban J connectivity index is 1.44. The third-order valence-corrected chi connectivity index (χ3v) is 6.07. The Hall–Kier alpha value is -2.67. The lowest BCUT2D eigenvalue weighted by Crippen LogP contribution is -2.08. The van der Waals surface area contributed by atoms with Gasteiger partial charge in [-0.2, -0.15) is 0 Å². The fourth-order valence-electron chi connectivity index (χ4n) is 3.29. The first-order chi connectivity index (χ1) is 13.6. The third-order valence-electron chi connectivity index (χ3n) is 4.86. The highest BCUT2D eigenvalue weighted by molar-refractivity contribution is 7.14. The number of carbonyl (C=O) groups is 1. The SMILES string of the molecule is COc1ccc(-c2nnc([C@@H](C)OC(=O)c3cc4c(s3)CCCCC4)o2)cc1. The average Bonchev–Trinajstić information content (AvgIpc) is 3.31. The van der Waals surface area contributed by atoms with Crippen molar-refractivity contribution in [2.45, 2.75) is 45.1 Å². The van der Waals surface area contributed by atoms with Gasteiger partial charge in [-0.1, -0.05) is 6.42 Å². The molecule has 146 valence electrons. The number of benzene rings is 1. The Morgan fingerprint density at radius 2 is 1.93 bits per heavy atom. The van der Waals surface area contributed by atoms with Gasteiger partial charge in [0.05, 0.1) is 7.11 Å². The van der Waals surface area contributed by atoms with Crippen LogP contribution in [0.15, 0.2) is 34.7 Å². The van der Waals surface area contributed by atoms with E-state index in [1.165, 1.54) is 29.7 Å². The molecule has 3 aromatic rings. The minimum Gasteiger partial charge on any atom is -0.497 e. The maximum Gasteiger partial charge on any atom is 0.349 e. The molecule has 0 fully saturated rings. The predicted octanol–water partition coefficient (Wildman–Crippen LogP) is 4.99. The normalized spacial score (nSPS) is 14.8. The van der Waals surface area contributed by atoms with Gasteiger partial charge in [0.1, 0.15) is 10.6 Å². The number of thiophene rings is 1. The molecule has 4 rings (SSSR count). The molecule has 0 bridgehead atoms. The molecular formula is C21H22N2O4S. The van der Waals surface area contributed by atoms with E-state index in [4.69, 9.17) is 13.9 Å². The number of rotatable bonds is 5. The first-order valence-corrected chi connectivity index (χ1v) is 10.3. The molecular weight excluding hydrogens is 376 g/mol. The molecule has 0 amide bonds. The van der Waals surface area contributed by atoms with Gasteiger partial charge in [-0.3, -0.25) is 0 Å². The molecule has 28 heavy (non-hydrogen) atoms. The quantitative estimate of drug-likeness (QED) is 0.445. The van der Waals surface area contributed by atoms with E-state index in [2.05, 4.69) is 10.2 Å². The first-order valence-electron chi connectivity index (χ1n) is 9.44. The lowest BCUT2D eigenvalue weighted by molar-refractivity contribution is 0.0285. The minimum atomic E-state index is -0.617. The molecule has 0 spiro atoms. The van der Waals surface area contributed by atoms with Crippen LogP contribution < -0.4 is 4.74 Å². The fourth-order valence-corrected chi connectivity index (χ4v) is 4.42. The highest BCUT2D eigenvalue weighted by Crippen LogP contribution is 2.31. The molecule has 1 aliphatic rings. The van der Waals surface area contributed by atoms with E-state index in [9.17, 15) is 4.79 Å². The zero-order chi connectivity index (χ0) is 19.5. The maximum atomic E-state index is 12.6. The van der Waals surface area contributed by atoms with Crippen LogP contribution in [0.4, 0.5) is 0 Å². The van der Waals surface area contributed by atoms with Gasteiger partial charge in [-0.25, -0.2) is 4.79 Å². The zero-order valence-corrected chi connectivity index (χ0v) is 16.8. The number of esters is 1. The number of hydrogen-bond donors (Lipinski definition) is 0. The van der Waals surface area contributed by atoms with E-state index in [0.29, 0.717) is 10.8 Å². The van der Waals surface area contributed by atoms with Gasteiger partial charge >= 0.3 is 5.97 Å². The van der Waals surface area contributed by atoms with Crippen LogP contribution in [-0.2, 0) is 17.6 Å². The van der Waals surface area contributed by atoms with E-state index < -0.39 is 6.10 Å². The summed E-state index contributed by atoms with van der Waals surface area (Å²) < 4.78 is 16.4. The molecule has 0 radical (unpaired) electrons. The van der Waals surface area contributed by atoms with Crippen molar-refractivity contribution in [1.82, 2.24) is 10.2 Å². The van der Waals surface area contributed by atoms with Crippen molar-refractivity contribution >= 4 is 17.3 Å². The number of nitrogens with zero attached hydrogens (tertiary/aromatic N) is 2. The van der Waals surface area contributed by atoms with Crippen molar-refractivity contribution in [3.05, 3.63) is 51.5 Å². The largest absolute Gasteiger partial charge is 0.497 e. The van der Waals surface area contributed by atoms with Gasteiger partial charge in [0, 0.05) is 10.4 Å². The zero-order valence-electron chi connectivity index (χ0n) is 15.9. The van der Waals surface area contributed by atoms with Crippen molar-refractivity contribution < 1.29 is 18.7 Å². The lowest BCUT2D eigenvalue weighted by Gasteiger charge is -2.08. The molecule has 0 N–H and O–H groups in total. The monoisotopic (exact) mass is 398 g/mol. The molecule has 2 aromatic heterocycles. The van der Waals surface area contributed by atoms with E-state index in [0.717, 1.165) is 24.2 Å². The van der Waals surface area contributed by atoms with Crippen LogP contribution in [0, 0.1) is 0 Å². The Bertz CT molecular complexity index is 938. The summed E-state index contributed by atoms with van der Waals surface area (Å²) in [6.07, 6.45) is 5.11. The Morgan fingerprint density at radius 3 is 2.71 bits per heavy atom. The van der Waals surface area contributed by atoms with Gasteiger partial charge in [-0.05, 0) is 68.5 Å². The number of aryl methyl sites for hydroxylation is 2. The maximum absolute atomic E-state index is 12.6. The van der Waals surface area contributed by atoms with Crippen molar-refractivity contribution in [3.63, 3.8) is 0 Å². The number of methoxy groups -OCH3 is 1. The molecule has 0 saturated carbocycles. The fraction of sp³-hybridized carbons (Fsp3) is 0.381. The molecule has 2 heterocycles. The summed E-state index contributed by atoms with van der Waals surface area (Å²) in [6.45, 7) is 1.74. The van der Waals surface area contributed by atoms with Crippen molar-refractivity contribution in [2.24, 2.45) is 0 Å². The molecule has 0 aliphatic heterocycles. The van der Waals surface area contributed by atoms with Crippen LogP contribution >= 0.6 is 11.3 Å². The van der Waals surface area contributed by atoms with Crippen molar-refractivity contribution in [2.75, 3.05) is 7.11 Å². The predicted molar refractivity (Wildman–Crippen MR) is 106 cm³/mol. The lowest BCUT2D eigenvalue weighted by atomic mass is 10.1. The van der Waals surface area contributed by atoms with Gasteiger partial charge in [0.15, 0.2) is 6.10 Å². The van der Waals surface area contributed by atoms with Crippen LogP contribution in [0.5, 0.6) is 5.75 Å². The summed E-state index contributed by atoms with van der Waals surface area (Å²) in [4.78, 5) is 14.5. The number of aromatic nitrogens is 2. The smallest absolute Gasteiger partial charge is 0.349 e. The van der Waals surface area contributed by atoms with Crippen LogP contribution in [0.25, 0.3) is 11.5 Å². The standard InChI is InChI=1S/C21H22N2O4S/c1-13(19-22-23-20(27-19)14-8-10-16(25-2)11-9-14)26-21(24)18-12-15-6-4-3-5-7-17(15)28-18/h8-13H,3-7H2,1-2H3/t13-/m1/s1. The van der Waals surface area contributed by atoms with Gasteiger partial charge < -0.3 is 13.9 Å². The topological polar surface area (TPSA) is 74.5 Å². The van der Waals surface area contributed by atoms with E-state index in [1.807, 2.05) is 30.3 Å². The Labute approximate surface area is 167 Å². The third kappa shape index (κ3) is 3.94. The molecule has 1 atom stereocenters. The summed E-state index contributed by atoms with van der Waals surface area (Å²) in [5, 5.41) is 8.10. The molecule has 1 aromatic carbocycles. The Morgan fingerprint density at radius 1 is 1.14 bits per heavy atom. The minimum absolute atomic E-state index is 0.275.